The van der Waals surface area contributed by atoms with E-state index in [0.717, 1.165) is 0 Å². The average molecular weight is 228 g/mol. The number of tetrazole rings is 1. The average Bonchev–Trinajstić information content (AvgIpc) is 2.63. The van der Waals surface area contributed by atoms with E-state index in [4.69, 9.17) is 9.47 Å². The molecule has 90 valence electrons. The molecular formula is C9H16N4O3. The van der Waals surface area contributed by atoms with Gasteiger partial charge in [-0.25, -0.2) is 0 Å². The van der Waals surface area contributed by atoms with Gasteiger partial charge in [-0.1, -0.05) is 0 Å². The Morgan fingerprint density at radius 3 is 2.81 bits per heavy atom. The monoisotopic (exact) mass is 228 g/mol. The van der Waals surface area contributed by atoms with E-state index in [9.17, 15) is 4.79 Å². The van der Waals surface area contributed by atoms with Crippen LogP contribution in [0.5, 0.6) is 0 Å². The fourth-order valence-corrected chi connectivity index (χ4v) is 1.09. The standard InChI is InChI=1S/C9H16N4O3/c1-13-11-9(10-12-13)7-8(14)3-4-16-6-5-15-2/h3-7H2,1-2H3. The number of ether oxygens (including phenoxy) is 2. The van der Waals surface area contributed by atoms with Gasteiger partial charge in [0.25, 0.3) is 0 Å². The second-order valence-corrected chi connectivity index (χ2v) is 3.27. The van der Waals surface area contributed by atoms with Crippen molar-refractivity contribution in [3.8, 4) is 0 Å². The summed E-state index contributed by atoms with van der Waals surface area (Å²) in [5.74, 6) is 0.495. The molecule has 0 aliphatic carbocycles. The van der Waals surface area contributed by atoms with E-state index >= 15 is 0 Å². The van der Waals surface area contributed by atoms with Crippen LogP contribution in [0.3, 0.4) is 0 Å². The van der Waals surface area contributed by atoms with E-state index in [2.05, 4.69) is 15.4 Å². The molecule has 0 N–H and O–H groups in total. The number of methoxy groups -OCH3 is 1. The highest BCUT2D eigenvalue weighted by Crippen LogP contribution is 1.94. The van der Waals surface area contributed by atoms with Gasteiger partial charge in [0.05, 0.1) is 33.3 Å². The molecular weight excluding hydrogens is 212 g/mol. The van der Waals surface area contributed by atoms with Crippen molar-refractivity contribution in [2.75, 3.05) is 26.9 Å². The predicted molar refractivity (Wildman–Crippen MR) is 54.8 cm³/mol. The van der Waals surface area contributed by atoms with E-state index in [-0.39, 0.29) is 12.2 Å². The highest BCUT2D eigenvalue weighted by molar-refractivity contribution is 5.80. The molecule has 0 saturated heterocycles. The topological polar surface area (TPSA) is 79.1 Å². The minimum Gasteiger partial charge on any atom is -0.382 e. The van der Waals surface area contributed by atoms with Crippen molar-refractivity contribution < 1.29 is 14.3 Å². The molecule has 0 amide bonds. The van der Waals surface area contributed by atoms with Crippen molar-refractivity contribution >= 4 is 5.78 Å². The number of Topliss-reactive ketones (excluding diaryl/α,β-unsaturated/α-hetero) is 1. The van der Waals surface area contributed by atoms with Gasteiger partial charge >= 0.3 is 0 Å². The largest absolute Gasteiger partial charge is 0.382 e. The van der Waals surface area contributed by atoms with Gasteiger partial charge in [0.15, 0.2) is 5.82 Å². The van der Waals surface area contributed by atoms with Crippen LogP contribution >= 0.6 is 0 Å². The molecule has 7 heteroatoms. The molecule has 1 rings (SSSR count). The number of rotatable bonds is 8. The van der Waals surface area contributed by atoms with Crippen LogP contribution in [0.2, 0.25) is 0 Å². The van der Waals surface area contributed by atoms with Crippen LogP contribution in [0.4, 0.5) is 0 Å². The number of carbonyl (C=O) groups excluding carboxylic acids is 1. The maximum absolute atomic E-state index is 11.4. The first-order chi connectivity index (χ1) is 7.72. The quantitative estimate of drug-likeness (QED) is 0.551. The van der Waals surface area contributed by atoms with Gasteiger partial charge in [0.2, 0.25) is 0 Å². The van der Waals surface area contributed by atoms with Crippen molar-refractivity contribution in [3.05, 3.63) is 5.82 Å². The smallest absolute Gasteiger partial charge is 0.182 e. The summed E-state index contributed by atoms with van der Waals surface area (Å²) in [5, 5.41) is 11.3. The molecule has 0 aliphatic heterocycles. The molecule has 0 bridgehead atoms. The van der Waals surface area contributed by atoms with Crippen molar-refractivity contribution in [2.45, 2.75) is 12.8 Å². The SMILES string of the molecule is COCCOCCC(=O)Cc1nnn(C)n1. The lowest BCUT2D eigenvalue weighted by Crippen LogP contribution is -2.10. The lowest BCUT2D eigenvalue weighted by atomic mass is 10.2. The zero-order valence-electron chi connectivity index (χ0n) is 9.55. The summed E-state index contributed by atoms with van der Waals surface area (Å²) in [5.41, 5.74) is 0. The first kappa shape index (κ1) is 12.7. The number of nitrogens with zero attached hydrogens (tertiary/aromatic N) is 4. The Kier molecular flexibility index (Phi) is 5.58. The zero-order valence-corrected chi connectivity index (χ0v) is 9.55. The summed E-state index contributed by atoms with van der Waals surface area (Å²) in [4.78, 5) is 12.8. The number of hydrogen-bond acceptors (Lipinski definition) is 6. The lowest BCUT2D eigenvalue weighted by molar-refractivity contribution is -0.119. The van der Waals surface area contributed by atoms with Gasteiger partial charge in [0, 0.05) is 13.5 Å². The van der Waals surface area contributed by atoms with Crippen molar-refractivity contribution in [1.82, 2.24) is 20.2 Å². The van der Waals surface area contributed by atoms with Gasteiger partial charge in [0.1, 0.15) is 5.78 Å². The summed E-state index contributed by atoms with van der Waals surface area (Å²) >= 11 is 0. The van der Waals surface area contributed by atoms with Gasteiger partial charge in [-0.2, -0.15) is 4.80 Å². The molecule has 1 heterocycles. The Morgan fingerprint density at radius 1 is 1.38 bits per heavy atom. The van der Waals surface area contributed by atoms with E-state index in [1.54, 1.807) is 14.2 Å². The molecule has 0 spiro atoms. The zero-order chi connectivity index (χ0) is 11.8. The van der Waals surface area contributed by atoms with Crippen molar-refractivity contribution in [2.24, 2.45) is 7.05 Å². The number of hydrogen-bond donors (Lipinski definition) is 0. The third-order valence-corrected chi connectivity index (χ3v) is 1.86. The minimum atomic E-state index is 0.0467. The molecule has 0 radical (unpaired) electrons. The summed E-state index contributed by atoms with van der Waals surface area (Å²) in [6, 6.07) is 0. The molecule has 0 aromatic carbocycles. The van der Waals surface area contributed by atoms with Gasteiger partial charge in [-0.15, -0.1) is 10.2 Å². The van der Waals surface area contributed by atoms with Gasteiger partial charge in [-0.05, 0) is 5.21 Å². The van der Waals surface area contributed by atoms with Crippen LogP contribution < -0.4 is 0 Å². The fourth-order valence-electron chi connectivity index (χ4n) is 1.09. The predicted octanol–water partition coefficient (Wildman–Crippen LogP) is -0.625. The van der Waals surface area contributed by atoms with E-state index in [1.165, 1.54) is 4.80 Å². The van der Waals surface area contributed by atoms with Crippen molar-refractivity contribution in [3.63, 3.8) is 0 Å². The van der Waals surface area contributed by atoms with Crippen LogP contribution in [0.25, 0.3) is 0 Å². The molecule has 7 nitrogen and oxygen atoms in total. The Bertz CT molecular complexity index is 326. The Hall–Kier alpha value is -1.34. The van der Waals surface area contributed by atoms with Gasteiger partial charge < -0.3 is 9.47 Å². The molecule has 0 aliphatic rings. The Balaban J connectivity index is 2.11. The molecule has 0 saturated carbocycles. The molecule has 1 aromatic rings. The first-order valence-corrected chi connectivity index (χ1v) is 5.03. The Morgan fingerprint density at radius 2 is 2.19 bits per heavy atom. The van der Waals surface area contributed by atoms with Crippen LogP contribution in [0, 0.1) is 0 Å². The van der Waals surface area contributed by atoms with Gasteiger partial charge in [-0.3, -0.25) is 4.79 Å². The normalized spacial score (nSPS) is 10.6. The summed E-state index contributed by atoms with van der Waals surface area (Å²) < 4.78 is 9.99. The molecule has 0 atom stereocenters. The number of ketones is 1. The number of carbonyl (C=O) groups is 1. The van der Waals surface area contributed by atoms with E-state index in [0.29, 0.717) is 32.1 Å². The van der Waals surface area contributed by atoms with E-state index < -0.39 is 0 Å². The highest BCUT2D eigenvalue weighted by Gasteiger charge is 2.07. The second-order valence-electron chi connectivity index (χ2n) is 3.27. The molecule has 0 unspecified atom stereocenters. The number of aromatic nitrogens is 4. The highest BCUT2D eigenvalue weighted by atomic mass is 16.5. The first-order valence-electron chi connectivity index (χ1n) is 5.03. The minimum absolute atomic E-state index is 0.0467. The maximum Gasteiger partial charge on any atom is 0.182 e. The molecule has 0 fully saturated rings. The maximum atomic E-state index is 11.4. The third kappa shape index (κ3) is 4.94. The third-order valence-electron chi connectivity index (χ3n) is 1.86. The summed E-state index contributed by atoms with van der Waals surface area (Å²) in [7, 11) is 3.27. The van der Waals surface area contributed by atoms with Crippen LogP contribution in [-0.2, 0) is 27.7 Å². The summed E-state index contributed by atoms with van der Waals surface area (Å²) in [6.45, 7) is 1.45. The molecule has 1 aromatic heterocycles. The second kappa shape index (κ2) is 7.02. The van der Waals surface area contributed by atoms with Crippen LogP contribution in [0.1, 0.15) is 12.2 Å². The fraction of sp³-hybridized carbons (Fsp3) is 0.778. The van der Waals surface area contributed by atoms with Crippen LogP contribution in [-0.4, -0.2) is 52.9 Å². The summed E-state index contributed by atoms with van der Waals surface area (Å²) in [6.07, 6.45) is 0.573. The molecule has 16 heavy (non-hydrogen) atoms. The van der Waals surface area contributed by atoms with Crippen LogP contribution in [0.15, 0.2) is 0 Å². The van der Waals surface area contributed by atoms with Crippen molar-refractivity contribution in [1.29, 1.82) is 0 Å². The number of aryl methyl sites for hydroxylation is 1. The Labute approximate surface area is 93.7 Å². The lowest BCUT2D eigenvalue weighted by Gasteiger charge is -2.01. The van der Waals surface area contributed by atoms with E-state index in [1.807, 2.05) is 0 Å².